The fourth-order valence-corrected chi connectivity index (χ4v) is 3.92. The second kappa shape index (κ2) is 8.05. The van der Waals surface area contributed by atoms with E-state index >= 15 is 0 Å². The van der Waals surface area contributed by atoms with Gasteiger partial charge in [-0.2, -0.15) is 9.61 Å². The molecule has 0 atom stereocenters. The summed E-state index contributed by atoms with van der Waals surface area (Å²) in [6.07, 6.45) is 2.20. The lowest BCUT2D eigenvalue weighted by molar-refractivity contribution is 0.408. The van der Waals surface area contributed by atoms with Crippen LogP contribution in [0, 0.1) is 0 Å². The lowest BCUT2D eigenvalue weighted by Crippen LogP contribution is -2.23. The summed E-state index contributed by atoms with van der Waals surface area (Å²) in [7, 11) is 1.60. The molecular weight excluding hydrogens is 428 g/mol. The van der Waals surface area contributed by atoms with Crippen molar-refractivity contribution >= 4 is 28.4 Å². The van der Waals surface area contributed by atoms with E-state index in [2.05, 4.69) is 15.2 Å². The summed E-state index contributed by atoms with van der Waals surface area (Å²) in [4.78, 5) is 17.7. The van der Waals surface area contributed by atoms with E-state index in [0.717, 1.165) is 22.4 Å². The predicted octanol–water partition coefficient (Wildman–Crippen LogP) is 3.77. The van der Waals surface area contributed by atoms with Gasteiger partial charge in [0.15, 0.2) is 16.8 Å². The smallest absolute Gasteiger partial charge is 0.283 e. The number of halogens is 1. The standard InChI is InChI=1S/C23H19ClN6O2/c1-3-17-19(14-8-10-16(24)11-9-14)21-27-26-20-22(30(21)28-17)25-13-29(23(20)31)12-15-6-4-5-7-18(15)32-2/h4-11,13H,3,12H2,1-2H3. The molecule has 32 heavy (non-hydrogen) atoms. The number of aromatic nitrogens is 6. The quantitative estimate of drug-likeness (QED) is 0.408. The Morgan fingerprint density at radius 3 is 2.56 bits per heavy atom. The van der Waals surface area contributed by atoms with Gasteiger partial charge in [-0.15, -0.1) is 10.2 Å². The first kappa shape index (κ1) is 20.1. The van der Waals surface area contributed by atoms with Crippen LogP contribution in [0.2, 0.25) is 5.02 Å². The Hall–Kier alpha value is -3.78. The number of para-hydroxylation sites is 1. The van der Waals surface area contributed by atoms with Crippen LogP contribution < -0.4 is 10.3 Å². The average molecular weight is 447 g/mol. The van der Waals surface area contributed by atoms with Crippen LogP contribution in [0.1, 0.15) is 18.2 Å². The molecule has 0 radical (unpaired) electrons. The van der Waals surface area contributed by atoms with Crippen molar-refractivity contribution in [1.29, 1.82) is 0 Å². The highest BCUT2D eigenvalue weighted by atomic mass is 35.5. The van der Waals surface area contributed by atoms with E-state index in [-0.39, 0.29) is 11.1 Å². The van der Waals surface area contributed by atoms with Crippen LogP contribution in [-0.4, -0.2) is 36.5 Å². The lowest BCUT2D eigenvalue weighted by Gasteiger charge is -2.10. The number of aryl methyl sites for hydroxylation is 1. The summed E-state index contributed by atoms with van der Waals surface area (Å²) in [6, 6.07) is 15.0. The maximum absolute atomic E-state index is 13.2. The molecule has 3 heterocycles. The molecule has 0 bridgehead atoms. The first-order chi connectivity index (χ1) is 15.6. The average Bonchev–Trinajstić information content (AvgIpc) is 3.21. The Morgan fingerprint density at radius 1 is 1.03 bits per heavy atom. The van der Waals surface area contributed by atoms with E-state index < -0.39 is 0 Å². The van der Waals surface area contributed by atoms with E-state index in [4.69, 9.17) is 21.4 Å². The summed E-state index contributed by atoms with van der Waals surface area (Å²) < 4.78 is 8.48. The van der Waals surface area contributed by atoms with Gasteiger partial charge in [0, 0.05) is 10.6 Å². The molecule has 0 aliphatic rings. The zero-order valence-corrected chi connectivity index (χ0v) is 18.2. The first-order valence-electron chi connectivity index (χ1n) is 10.1. The number of rotatable bonds is 5. The lowest BCUT2D eigenvalue weighted by atomic mass is 10.0. The minimum atomic E-state index is -0.295. The topological polar surface area (TPSA) is 87.2 Å². The van der Waals surface area contributed by atoms with Crippen molar-refractivity contribution in [2.75, 3.05) is 7.11 Å². The molecule has 3 aromatic heterocycles. The Kier molecular flexibility index (Phi) is 5.07. The highest BCUT2D eigenvalue weighted by molar-refractivity contribution is 6.30. The van der Waals surface area contributed by atoms with Crippen molar-refractivity contribution in [3.8, 4) is 16.9 Å². The molecule has 0 unspecified atom stereocenters. The van der Waals surface area contributed by atoms with Gasteiger partial charge in [-0.05, 0) is 30.2 Å². The van der Waals surface area contributed by atoms with Gasteiger partial charge in [0.05, 0.1) is 24.9 Å². The molecule has 5 rings (SSSR count). The molecule has 0 fully saturated rings. The molecule has 2 aromatic carbocycles. The number of nitrogens with zero attached hydrogens (tertiary/aromatic N) is 6. The zero-order valence-electron chi connectivity index (χ0n) is 17.5. The van der Waals surface area contributed by atoms with Crippen molar-refractivity contribution < 1.29 is 4.74 Å². The zero-order chi connectivity index (χ0) is 22.2. The van der Waals surface area contributed by atoms with E-state index in [9.17, 15) is 4.79 Å². The monoisotopic (exact) mass is 446 g/mol. The van der Waals surface area contributed by atoms with E-state index in [0.29, 0.717) is 35.0 Å². The molecular formula is C23H19ClN6O2. The van der Waals surface area contributed by atoms with Gasteiger partial charge in [0.1, 0.15) is 12.1 Å². The van der Waals surface area contributed by atoms with Crippen molar-refractivity contribution in [3.05, 3.63) is 81.5 Å². The summed E-state index contributed by atoms with van der Waals surface area (Å²) in [5.41, 5.74) is 4.27. The fourth-order valence-electron chi connectivity index (χ4n) is 3.79. The van der Waals surface area contributed by atoms with Gasteiger partial charge in [0.25, 0.3) is 5.56 Å². The SMILES string of the molecule is CCc1nn2c(nnc3c(=O)n(Cc4ccccc4OC)cnc32)c1-c1ccc(Cl)cc1. The second-order valence-electron chi connectivity index (χ2n) is 7.28. The molecule has 0 spiro atoms. The molecule has 0 aliphatic heterocycles. The maximum Gasteiger partial charge on any atom is 0.283 e. The molecule has 9 heteroatoms. The molecule has 0 aliphatic carbocycles. The Morgan fingerprint density at radius 2 is 1.81 bits per heavy atom. The van der Waals surface area contributed by atoms with Gasteiger partial charge >= 0.3 is 0 Å². The van der Waals surface area contributed by atoms with Crippen LogP contribution in [-0.2, 0) is 13.0 Å². The number of methoxy groups -OCH3 is 1. The maximum atomic E-state index is 13.2. The minimum Gasteiger partial charge on any atom is -0.496 e. The first-order valence-corrected chi connectivity index (χ1v) is 10.5. The van der Waals surface area contributed by atoms with Gasteiger partial charge < -0.3 is 4.74 Å². The van der Waals surface area contributed by atoms with Crippen LogP contribution >= 0.6 is 11.6 Å². The fraction of sp³-hybridized carbons (Fsp3) is 0.174. The third-order valence-electron chi connectivity index (χ3n) is 5.37. The van der Waals surface area contributed by atoms with E-state index in [1.54, 1.807) is 11.6 Å². The summed E-state index contributed by atoms with van der Waals surface area (Å²) in [6.45, 7) is 2.32. The van der Waals surface area contributed by atoms with Gasteiger partial charge in [0.2, 0.25) is 0 Å². The number of benzene rings is 2. The Balaban J connectivity index is 1.67. The van der Waals surface area contributed by atoms with Crippen LogP contribution in [0.4, 0.5) is 0 Å². The molecule has 0 saturated carbocycles. The number of hydrogen-bond donors (Lipinski definition) is 0. The van der Waals surface area contributed by atoms with Crippen molar-refractivity contribution in [3.63, 3.8) is 0 Å². The van der Waals surface area contributed by atoms with E-state index in [1.807, 2.05) is 55.5 Å². The summed E-state index contributed by atoms with van der Waals surface area (Å²) in [5, 5.41) is 13.9. The van der Waals surface area contributed by atoms with Gasteiger partial charge in [-0.25, -0.2) is 4.98 Å². The predicted molar refractivity (Wildman–Crippen MR) is 122 cm³/mol. The number of ether oxygens (including phenoxy) is 1. The van der Waals surface area contributed by atoms with Gasteiger partial charge in [-0.1, -0.05) is 48.9 Å². The molecule has 5 aromatic rings. The van der Waals surface area contributed by atoms with Crippen LogP contribution in [0.5, 0.6) is 5.75 Å². The van der Waals surface area contributed by atoms with Crippen molar-refractivity contribution in [1.82, 2.24) is 29.4 Å². The third-order valence-corrected chi connectivity index (χ3v) is 5.63. The van der Waals surface area contributed by atoms with Crippen molar-refractivity contribution in [2.45, 2.75) is 19.9 Å². The normalized spacial score (nSPS) is 11.3. The van der Waals surface area contributed by atoms with Gasteiger partial charge in [-0.3, -0.25) is 9.36 Å². The summed E-state index contributed by atoms with van der Waals surface area (Å²) in [5.74, 6) is 0.702. The molecule has 0 N–H and O–H groups in total. The second-order valence-corrected chi connectivity index (χ2v) is 7.72. The summed E-state index contributed by atoms with van der Waals surface area (Å²) >= 11 is 6.05. The number of hydrogen-bond acceptors (Lipinski definition) is 6. The Labute approximate surface area is 188 Å². The van der Waals surface area contributed by atoms with E-state index in [1.165, 1.54) is 10.9 Å². The Bertz CT molecular complexity index is 1510. The largest absolute Gasteiger partial charge is 0.496 e. The third kappa shape index (κ3) is 3.29. The molecule has 0 saturated heterocycles. The molecule has 8 nitrogen and oxygen atoms in total. The van der Waals surface area contributed by atoms with Crippen LogP contribution in [0.25, 0.3) is 27.9 Å². The highest BCUT2D eigenvalue weighted by Gasteiger charge is 2.19. The minimum absolute atomic E-state index is 0.155. The van der Waals surface area contributed by atoms with Crippen molar-refractivity contribution in [2.24, 2.45) is 0 Å². The van der Waals surface area contributed by atoms with Crippen LogP contribution in [0.15, 0.2) is 59.7 Å². The highest BCUT2D eigenvalue weighted by Crippen LogP contribution is 2.29. The number of fused-ring (bicyclic) bond motifs is 3. The van der Waals surface area contributed by atoms with Crippen LogP contribution in [0.3, 0.4) is 0 Å². The molecule has 160 valence electrons. The molecule has 0 amide bonds.